The Labute approximate surface area is 151 Å². The number of hydrogen-bond donors (Lipinski definition) is 1. The van der Waals surface area contributed by atoms with Crippen molar-refractivity contribution >= 4 is 23.3 Å². The van der Waals surface area contributed by atoms with Gasteiger partial charge in [0.1, 0.15) is 5.65 Å². The number of carbonyl (C=O) groups is 1. The van der Waals surface area contributed by atoms with Crippen molar-refractivity contribution < 1.29 is 4.79 Å². The van der Waals surface area contributed by atoms with Crippen LogP contribution in [0.3, 0.4) is 0 Å². The van der Waals surface area contributed by atoms with Gasteiger partial charge in [-0.15, -0.1) is 11.8 Å². The lowest BCUT2D eigenvalue weighted by Crippen LogP contribution is -2.46. The average Bonchev–Trinajstić information content (AvgIpc) is 3.10. The summed E-state index contributed by atoms with van der Waals surface area (Å²) in [5.74, 6) is 0.868. The maximum Gasteiger partial charge on any atom is 0.255 e. The molecule has 3 heterocycles. The zero-order valence-electron chi connectivity index (χ0n) is 13.9. The monoisotopic (exact) mass is 352 g/mol. The molecule has 2 aromatic heterocycles. The number of nitrogens with zero attached hydrogens (tertiary/aromatic N) is 3. The Kier molecular flexibility index (Phi) is 4.72. The van der Waals surface area contributed by atoms with Gasteiger partial charge in [0.15, 0.2) is 0 Å². The second-order valence-corrected chi connectivity index (χ2v) is 7.04. The van der Waals surface area contributed by atoms with Gasteiger partial charge in [-0.25, -0.2) is 4.98 Å². The fourth-order valence-corrected chi connectivity index (χ4v) is 3.94. The Hall–Kier alpha value is -2.31. The van der Waals surface area contributed by atoms with Crippen LogP contribution in [0.1, 0.15) is 16.1 Å². The predicted octanol–water partition coefficient (Wildman–Crippen LogP) is 2.67. The molecule has 0 aliphatic carbocycles. The van der Waals surface area contributed by atoms with Crippen molar-refractivity contribution in [2.75, 3.05) is 26.2 Å². The number of aromatic nitrogens is 2. The van der Waals surface area contributed by atoms with E-state index in [1.807, 2.05) is 64.2 Å². The van der Waals surface area contributed by atoms with E-state index >= 15 is 0 Å². The second kappa shape index (κ2) is 7.29. The second-order valence-electron chi connectivity index (χ2n) is 6.03. The standard InChI is InChI=1S/C19H20N4OS/c24-19(22-11-8-20-9-12-22)16-5-1-2-6-17(16)25-14-15-13-23-10-4-3-7-18(23)21-15/h1-7,10,13,20H,8-9,11-12,14H2. The molecule has 0 radical (unpaired) electrons. The van der Waals surface area contributed by atoms with E-state index in [1.165, 1.54) is 0 Å². The van der Waals surface area contributed by atoms with Crippen LogP contribution < -0.4 is 5.32 Å². The third-order valence-corrected chi connectivity index (χ3v) is 5.42. The highest BCUT2D eigenvalue weighted by molar-refractivity contribution is 7.98. The van der Waals surface area contributed by atoms with Crippen LogP contribution in [0.25, 0.3) is 5.65 Å². The van der Waals surface area contributed by atoms with E-state index in [0.717, 1.165) is 53.7 Å². The normalized spacial score (nSPS) is 14.8. The molecule has 3 aromatic rings. The molecular formula is C19H20N4OS. The predicted molar refractivity (Wildman–Crippen MR) is 100.0 cm³/mol. The molecule has 0 saturated carbocycles. The molecule has 1 amide bonds. The summed E-state index contributed by atoms with van der Waals surface area (Å²) in [6.07, 6.45) is 4.04. The van der Waals surface area contributed by atoms with Crippen molar-refractivity contribution in [3.63, 3.8) is 0 Å². The molecule has 25 heavy (non-hydrogen) atoms. The smallest absolute Gasteiger partial charge is 0.255 e. The number of benzene rings is 1. The first-order chi connectivity index (χ1) is 12.3. The van der Waals surface area contributed by atoms with Crippen LogP contribution in [0.5, 0.6) is 0 Å². The van der Waals surface area contributed by atoms with Gasteiger partial charge >= 0.3 is 0 Å². The number of piperazine rings is 1. The fourth-order valence-electron chi connectivity index (χ4n) is 3.02. The summed E-state index contributed by atoms with van der Waals surface area (Å²) >= 11 is 1.67. The van der Waals surface area contributed by atoms with Gasteiger partial charge in [0.25, 0.3) is 5.91 Å². The van der Waals surface area contributed by atoms with Gasteiger partial charge in [0.05, 0.1) is 11.3 Å². The number of pyridine rings is 1. The summed E-state index contributed by atoms with van der Waals surface area (Å²) in [6, 6.07) is 13.8. The van der Waals surface area contributed by atoms with Crippen LogP contribution in [0.15, 0.2) is 59.8 Å². The van der Waals surface area contributed by atoms with Crippen LogP contribution >= 0.6 is 11.8 Å². The highest BCUT2D eigenvalue weighted by Gasteiger charge is 2.20. The van der Waals surface area contributed by atoms with Crippen LogP contribution in [0.4, 0.5) is 0 Å². The number of imidazole rings is 1. The van der Waals surface area contributed by atoms with Gasteiger partial charge < -0.3 is 14.6 Å². The Morgan fingerprint density at radius 3 is 2.76 bits per heavy atom. The van der Waals surface area contributed by atoms with Crippen molar-refractivity contribution in [3.8, 4) is 0 Å². The summed E-state index contributed by atoms with van der Waals surface area (Å²) in [7, 11) is 0. The van der Waals surface area contributed by atoms with Crippen molar-refractivity contribution in [3.05, 3.63) is 66.1 Å². The maximum absolute atomic E-state index is 12.8. The number of hydrogen-bond acceptors (Lipinski definition) is 4. The fraction of sp³-hybridized carbons (Fsp3) is 0.263. The first-order valence-corrected chi connectivity index (χ1v) is 9.44. The highest BCUT2D eigenvalue weighted by atomic mass is 32.2. The van der Waals surface area contributed by atoms with Crippen LogP contribution in [-0.4, -0.2) is 46.4 Å². The molecule has 0 unspecified atom stereocenters. The number of amides is 1. The first-order valence-electron chi connectivity index (χ1n) is 8.46. The lowest BCUT2D eigenvalue weighted by molar-refractivity contribution is 0.0732. The van der Waals surface area contributed by atoms with Crippen LogP contribution in [0.2, 0.25) is 0 Å². The van der Waals surface area contributed by atoms with E-state index in [2.05, 4.69) is 10.3 Å². The Morgan fingerprint density at radius 2 is 1.92 bits per heavy atom. The van der Waals surface area contributed by atoms with Crippen molar-refractivity contribution in [1.82, 2.24) is 19.6 Å². The highest BCUT2D eigenvalue weighted by Crippen LogP contribution is 2.27. The van der Waals surface area contributed by atoms with Crippen LogP contribution in [0, 0.1) is 0 Å². The third-order valence-electron chi connectivity index (χ3n) is 4.31. The number of rotatable bonds is 4. The minimum atomic E-state index is 0.125. The van der Waals surface area contributed by atoms with E-state index in [0.29, 0.717) is 0 Å². The molecular weight excluding hydrogens is 332 g/mol. The quantitative estimate of drug-likeness (QED) is 0.734. The van der Waals surface area contributed by atoms with Gasteiger partial charge in [0.2, 0.25) is 0 Å². The molecule has 128 valence electrons. The van der Waals surface area contributed by atoms with Crippen molar-refractivity contribution in [2.45, 2.75) is 10.6 Å². The van der Waals surface area contributed by atoms with E-state index < -0.39 is 0 Å². The summed E-state index contributed by atoms with van der Waals surface area (Å²) in [5, 5.41) is 3.29. The Bertz CT molecular complexity index is 853. The average molecular weight is 352 g/mol. The first kappa shape index (κ1) is 16.2. The van der Waals surface area contributed by atoms with Gasteiger partial charge in [-0.05, 0) is 24.3 Å². The SMILES string of the molecule is O=C(c1ccccc1SCc1cn2ccccc2n1)N1CCNCC1. The molecule has 4 rings (SSSR count). The van der Waals surface area contributed by atoms with E-state index in [-0.39, 0.29) is 5.91 Å². The van der Waals surface area contributed by atoms with E-state index in [9.17, 15) is 4.79 Å². The molecule has 0 atom stereocenters. The van der Waals surface area contributed by atoms with Crippen molar-refractivity contribution in [1.29, 1.82) is 0 Å². The van der Waals surface area contributed by atoms with Gasteiger partial charge in [-0.1, -0.05) is 18.2 Å². The molecule has 0 spiro atoms. The summed E-state index contributed by atoms with van der Waals surface area (Å²) in [6.45, 7) is 3.26. The molecule has 1 aromatic carbocycles. The topological polar surface area (TPSA) is 49.6 Å². The molecule has 6 heteroatoms. The largest absolute Gasteiger partial charge is 0.336 e. The lowest BCUT2D eigenvalue weighted by Gasteiger charge is -2.28. The summed E-state index contributed by atoms with van der Waals surface area (Å²) < 4.78 is 2.02. The van der Waals surface area contributed by atoms with E-state index in [1.54, 1.807) is 11.8 Å². The minimum Gasteiger partial charge on any atom is -0.336 e. The Morgan fingerprint density at radius 1 is 1.12 bits per heavy atom. The summed E-state index contributed by atoms with van der Waals surface area (Å²) in [5.41, 5.74) is 2.75. The van der Waals surface area contributed by atoms with Crippen LogP contribution in [-0.2, 0) is 5.75 Å². The van der Waals surface area contributed by atoms with Crippen molar-refractivity contribution in [2.24, 2.45) is 0 Å². The lowest BCUT2D eigenvalue weighted by atomic mass is 10.2. The maximum atomic E-state index is 12.8. The van der Waals surface area contributed by atoms with Gasteiger partial charge in [-0.2, -0.15) is 0 Å². The minimum absolute atomic E-state index is 0.125. The molecule has 1 saturated heterocycles. The molecule has 5 nitrogen and oxygen atoms in total. The Balaban J connectivity index is 1.51. The molecule has 1 N–H and O–H groups in total. The molecule has 0 bridgehead atoms. The zero-order chi connectivity index (χ0) is 17.1. The van der Waals surface area contributed by atoms with Gasteiger partial charge in [-0.3, -0.25) is 4.79 Å². The number of fused-ring (bicyclic) bond motifs is 1. The summed E-state index contributed by atoms with van der Waals surface area (Å²) in [4.78, 5) is 20.4. The zero-order valence-corrected chi connectivity index (χ0v) is 14.7. The number of thioether (sulfide) groups is 1. The molecule has 1 aliphatic heterocycles. The number of nitrogens with one attached hydrogen (secondary N) is 1. The third kappa shape index (κ3) is 3.55. The van der Waals surface area contributed by atoms with Gasteiger partial charge in [0, 0.05) is 49.2 Å². The van der Waals surface area contributed by atoms with E-state index in [4.69, 9.17) is 0 Å². The molecule has 1 aliphatic rings. The molecule has 1 fully saturated rings. The number of carbonyl (C=O) groups excluding carboxylic acids is 1.